The molecule has 0 amide bonds. The molecule has 0 spiro atoms. The maximum absolute atomic E-state index is 11.2. The summed E-state index contributed by atoms with van der Waals surface area (Å²) in [5.41, 5.74) is 0. The highest BCUT2D eigenvalue weighted by Crippen LogP contribution is 2.07. The van der Waals surface area contributed by atoms with Crippen molar-refractivity contribution >= 4 is 5.97 Å². The highest BCUT2D eigenvalue weighted by molar-refractivity contribution is 5.75. The molecule has 0 aromatic heterocycles. The first kappa shape index (κ1) is 9.48. The maximum atomic E-state index is 11.2. The number of nitrogens with zero attached hydrogens (tertiary/aromatic N) is 1. The van der Waals surface area contributed by atoms with Gasteiger partial charge in [-0.2, -0.15) is 0 Å². The first-order valence-electron chi connectivity index (χ1n) is 4.19. The van der Waals surface area contributed by atoms with Gasteiger partial charge in [0.1, 0.15) is 6.04 Å². The molecule has 1 aliphatic heterocycles. The van der Waals surface area contributed by atoms with Crippen molar-refractivity contribution in [2.45, 2.75) is 13.0 Å². The second-order valence-electron chi connectivity index (χ2n) is 2.74. The Bertz CT molecular complexity index is 160. The number of morpholine rings is 1. The Morgan fingerprint density at radius 3 is 3.08 bits per heavy atom. The van der Waals surface area contributed by atoms with Gasteiger partial charge >= 0.3 is 5.97 Å². The normalized spacial score (nSPS) is 25.3. The van der Waals surface area contributed by atoms with Crippen molar-refractivity contribution in [3.8, 4) is 0 Å². The minimum atomic E-state index is -0.200. The number of likely N-dealkylation sites (N-methyl/N-ethyl adjacent to an activating group) is 1. The molecule has 0 saturated carbocycles. The summed E-state index contributed by atoms with van der Waals surface area (Å²) >= 11 is 0. The summed E-state index contributed by atoms with van der Waals surface area (Å²) in [4.78, 5) is 13.3. The van der Waals surface area contributed by atoms with Crippen molar-refractivity contribution in [1.29, 1.82) is 0 Å². The third-order valence-corrected chi connectivity index (χ3v) is 2.12. The summed E-state index contributed by atoms with van der Waals surface area (Å²) < 4.78 is 9.86. The van der Waals surface area contributed by atoms with Gasteiger partial charge in [0.25, 0.3) is 0 Å². The van der Waals surface area contributed by atoms with Crippen LogP contribution in [0.4, 0.5) is 0 Å². The molecule has 0 aromatic carbocycles. The predicted molar refractivity (Wildman–Crippen MR) is 43.9 cm³/mol. The van der Waals surface area contributed by atoms with Crippen LogP contribution < -0.4 is 0 Å². The highest BCUT2D eigenvalue weighted by atomic mass is 16.5. The molecule has 1 heterocycles. The number of hydrogen-bond donors (Lipinski definition) is 0. The van der Waals surface area contributed by atoms with Gasteiger partial charge in [-0.1, -0.05) is 6.92 Å². The largest absolute Gasteiger partial charge is 0.468 e. The fourth-order valence-electron chi connectivity index (χ4n) is 1.37. The van der Waals surface area contributed by atoms with Crippen LogP contribution in [0, 0.1) is 0 Å². The molecule has 1 unspecified atom stereocenters. The van der Waals surface area contributed by atoms with E-state index in [1.165, 1.54) is 7.11 Å². The third kappa shape index (κ3) is 1.95. The van der Waals surface area contributed by atoms with Crippen LogP contribution in [0.5, 0.6) is 0 Å². The van der Waals surface area contributed by atoms with Crippen molar-refractivity contribution in [3.63, 3.8) is 0 Å². The van der Waals surface area contributed by atoms with Crippen LogP contribution in [0.3, 0.4) is 0 Å². The van der Waals surface area contributed by atoms with Crippen LogP contribution in [-0.2, 0) is 14.3 Å². The van der Waals surface area contributed by atoms with Crippen molar-refractivity contribution in [3.05, 3.63) is 0 Å². The van der Waals surface area contributed by atoms with Gasteiger partial charge in [0.05, 0.1) is 20.3 Å². The SMILES string of the molecule is CCN1CCOCC1C(=O)OC. The lowest BCUT2D eigenvalue weighted by molar-refractivity contribution is -0.153. The molecule has 0 aliphatic carbocycles. The van der Waals surface area contributed by atoms with Gasteiger partial charge in [0, 0.05) is 6.54 Å². The van der Waals surface area contributed by atoms with Gasteiger partial charge in [-0.15, -0.1) is 0 Å². The number of esters is 1. The van der Waals surface area contributed by atoms with Crippen molar-refractivity contribution < 1.29 is 14.3 Å². The average Bonchev–Trinajstić information content (AvgIpc) is 2.16. The molecule has 70 valence electrons. The van der Waals surface area contributed by atoms with E-state index in [0.717, 1.165) is 13.1 Å². The van der Waals surface area contributed by atoms with Gasteiger partial charge in [-0.25, -0.2) is 0 Å². The molecule has 12 heavy (non-hydrogen) atoms. The monoisotopic (exact) mass is 173 g/mol. The zero-order valence-corrected chi connectivity index (χ0v) is 7.58. The summed E-state index contributed by atoms with van der Waals surface area (Å²) in [5.74, 6) is -0.198. The molecule has 0 N–H and O–H groups in total. The topological polar surface area (TPSA) is 38.8 Å². The zero-order chi connectivity index (χ0) is 8.97. The van der Waals surface area contributed by atoms with Crippen LogP contribution in [0.1, 0.15) is 6.92 Å². The predicted octanol–water partition coefficient (Wildman–Crippen LogP) is -0.120. The molecule has 1 rings (SSSR count). The van der Waals surface area contributed by atoms with E-state index in [9.17, 15) is 4.79 Å². The fourth-order valence-corrected chi connectivity index (χ4v) is 1.37. The number of methoxy groups -OCH3 is 1. The van der Waals surface area contributed by atoms with Crippen molar-refractivity contribution in [1.82, 2.24) is 4.90 Å². The van der Waals surface area contributed by atoms with Gasteiger partial charge in [-0.3, -0.25) is 9.69 Å². The van der Waals surface area contributed by atoms with E-state index in [1.807, 2.05) is 6.92 Å². The van der Waals surface area contributed by atoms with Gasteiger partial charge < -0.3 is 9.47 Å². The van der Waals surface area contributed by atoms with Crippen LogP contribution in [-0.4, -0.2) is 50.3 Å². The summed E-state index contributed by atoms with van der Waals surface area (Å²) in [6.07, 6.45) is 0. The minimum absolute atomic E-state index is 0.198. The highest BCUT2D eigenvalue weighted by Gasteiger charge is 2.28. The first-order chi connectivity index (χ1) is 5.79. The second-order valence-corrected chi connectivity index (χ2v) is 2.74. The van der Waals surface area contributed by atoms with E-state index in [0.29, 0.717) is 13.2 Å². The Morgan fingerprint density at radius 2 is 2.50 bits per heavy atom. The number of rotatable bonds is 2. The lowest BCUT2D eigenvalue weighted by atomic mass is 10.2. The Balaban J connectivity index is 2.52. The summed E-state index contributed by atoms with van der Waals surface area (Å²) in [6.45, 7) is 4.88. The summed E-state index contributed by atoms with van der Waals surface area (Å²) in [7, 11) is 1.41. The maximum Gasteiger partial charge on any atom is 0.325 e. The number of carbonyl (C=O) groups is 1. The minimum Gasteiger partial charge on any atom is -0.468 e. The number of ether oxygens (including phenoxy) is 2. The standard InChI is InChI=1S/C8H15NO3/c1-3-9-4-5-12-6-7(9)8(10)11-2/h7H,3-6H2,1-2H3. The molecule has 0 bridgehead atoms. The van der Waals surface area contributed by atoms with E-state index in [1.54, 1.807) is 0 Å². The van der Waals surface area contributed by atoms with Gasteiger partial charge in [-0.05, 0) is 6.54 Å². The molecule has 0 radical (unpaired) electrons. The molecule has 1 atom stereocenters. The van der Waals surface area contributed by atoms with Crippen LogP contribution in [0.2, 0.25) is 0 Å². The molecule has 4 nitrogen and oxygen atoms in total. The Hall–Kier alpha value is -0.610. The Labute approximate surface area is 72.4 Å². The van der Waals surface area contributed by atoms with Gasteiger partial charge in [0.15, 0.2) is 0 Å². The molecule has 0 aromatic rings. The Kier molecular flexibility index (Phi) is 3.49. The number of carbonyl (C=O) groups excluding carboxylic acids is 1. The smallest absolute Gasteiger partial charge is 0.325 e. The molecular weight excluding hydrogens is 158 g/mol. The molecule has 4 heteroatoms. The van der Waals surface area contributed by atoms with Crippen LogP contribution in [0.25, 0.3) is 0 Å². The average molecular weight is 173 g/mol. The van der Waals surface area contributed by atoms with E-state index in [2.05, 4.69) is 9.64 Å². The third-order valence-electron chi connectivity index (χ3n) is 2.12. The quantitative estimate of drug-likeness (QED) is 0.546. The molecule has 1 saturated heterocycles. The van der Waals surface area contributed by atoms with E-state index < -0.39 is 0 Å². The molecule has 1 fully saturated rings. The van der Waals surface area contributed by atoms with Crippen LogP contribution in [0.15, 0.2) is 0 Å². The second kappa shape index (κ2) is 4.42. The molecular formula is C8H15NO3. The van der Waals surface area contributed by atoms with E-state index in [-0.39, 0.29) is 12.0 Å². The lowest BCUT2D eigenvalue weighted by Gasteiger charge is -2.32. The zero-order valence-electron chi connectivity index (χ0n) is 7.58. The number of hydrogen-bond acceptors (Lipinski definition) is 4. The van der Waals surface area contributed by atoms with Gasteiger partial charge in [0.2, 0.25) is 0 Å². The van der Waals surface area contributed by atoms with Crippen molar-refractivity contribution in [2.75, 3.05) is 33.4 Å². The summed E-state index contributed by atoms with van der Waals surface area (Å²) in [6, 6.07) is -0.200. The lowest BCUT2D eigenvalue weighted by Crippen LogP contribution is -2.50. The van der Waals surface area contributed by atoms with Crippen LogP contribution >= 0.6 is 0 Å². The fraction of sp³-hybridized carbons (Fsp3) is 0.875. The van der Waals surface area contributed by atoms with Crippen molar-refractivity contribution in [2.24, 2.45) is 0 Å². The Morgan fingerprint density at radius 1 is 1.75 bits per heavy atom. The van der Waals surface area contributed by atoms with E-state index >= 15 is 0 Å². The summed E-state index contributed by atoms with van der Waals surface area (Å²) in [5, 5.41) is 0. The first-order valence-corrected chi connectivity index (χ1v) is 4.19. The van der Waals surface area contributed by atoms with E-state index in [4.69, 9.17) is 4.74 Å². The molecule has 1 aliphatic rings.